The number of nitrogens with zero attached hydrogens (tertiary/aromatic N) is 2. The van der Waals surface area contributed by atoms with Crippen molar-refractivity contribution in [2.45, 2.75) is 32.1 Å². The molecular formula is C21H22N4O3S. The van der Waals surface area contributed by atoms with E-state index >= 15 is 0 Å². The van der Waals surface area contributed by atoms with E-state index < -0.39 is 5.91 Å². The van der Waals surface area contributed by atoms with Crippen molar-refractivity contribution in [1.29, 1.82) is 0 Å². The van der Waals surface area contributed by atoms with Crippen molar-refractivity contribution in [2.75, 3.05) is 5.32 Å². The molecule has 0 aliphatic rings. The van der Waals surface area contributed by atoms with Crippen molar-refractivity contribution >= 4 is 28.3 Å². The lowest BCUT2D eigenvalue weighted by molar-refractivity contribution is -0.129. The second-order valence-electron chi connectivity index (χ2n) is 6.50. The van der Waals surface area contributed by atoms with Gasteiger partial charge >= 0.3 is 0 Å². The van der Waals surface area contributed by atoms with Crippen LogP contribution in [-0.2, 0) is 9.59 Å². The topological polar surface area (TPSA) is 104 Å². The normalized spacial score (nSPS) is 10.5. The zero-order valence-corrected chi connectivity index (χ0v) is 16.6. The predicted molar refractivity (Wildman–Crippen MR) is 112 cm³/mol. The second-order valence-corrected chi connectivity index (χ2v) is 7.48. The van der Waals surface area contributed by atoms with Gasteiger partial charge in [0.05, 0.1) is 0 Å². The summed E-state index contributed by atoms with van der Waals surface area (Å²) >= 11 is 1.33. The number of hydrogen-bond donors (Lipinski definition) is 3. The Labute approximate surface area is 172 Å². The fraction of sp³-hybridized carbons (Fsp3) is 0.238. The Hall–Kier alpha value is -3.10. The third kappa shape index (κ3) is 6.20. The Balaban J connectivity index is 1.49. The number of carbonyl (C=O) groups is 2. The SMILES string of the molecule is O=C(CCCCCC(=O)Nc1nnc(-c2ccc(-c3ccccc3)cc2)s1)NO. The standard InChI is InChI=1S/C21H22N4O3S/c26-18(9-5-2-6-10-19(27)25-28)22-21-24-23-20(29-21)17-13-11-16(12-14-17)15-7-3-1-4-8-15/h1,3-4,7-8,11-14,28H,2,5-6,9-10H2,(H,25,27)(H,22,24,26). The molecule has 2 aromatic carbocycles. The van der Waals surface area contributed by atoms with Crippen LogP contribution in [0.25, 0.3) is 21.7 Å². The maximum atomic E-state index is 12.0. The van der Waals surface area contributed by atoms with E-state index in [1.54, 1.807) is 5.48 Å². The van der Waals surface area contributed by atoms with E-state index in [2.05, 4.69) is 27.6 Å². The Bertz CT molecular complexity index is 942. The molecule has 3 N–H and O–H groups in total. The van der Waals surface area contributed by atoms with Crippen LogP contribution in [0, 0.1) is 0 Å². The van der Waals surface area contributed by atoms with Gasteiger partial charge in [-0.25, -0.2) is 5.48 Å². The summed E-state index contributed by atoms with van der Waals surface area (Å²) in [7, 11) is 0. The molecular weight excluding hydrogens is 388 g/mol. The highest BCUT2D eigenvalue weighted by molar-refractivity contribution is 7.18. The number of nitrogens with one attached hydrogen (secondary N) is 2. The van der Waals surface area contributed by atoms with Gasteiger partial charge in [-0.3, -0.25) is 14.8 Å². The highest BCUT2D eigenvalue weighted by atomic mass is 32.1. The quantitative estimate of drug-likeness (QED) is 0.278. The molecule has 0 fully saturated rings. The number of amides is 2. The number of hydrogen-bond acceptors (Lipinski definition) is 6. The van der Waals surface area contributed by atoms with Gasteiger partial charge < -0.3 is 5.32 Å². The summed E-state index contributed by atoms with van der Waals surface area (Å²) < 4.78 is 0. The summed E-state index contributed by atoms with van der Waals surface area (Å²) in [5.74, 6) is -0.536. The van der Waals surface area contributed by atoms with Crippen LogP contribution in [-0.4, -0.2) is 27.2 Å². The Kier molecular flexibility index (Phi) is 7.43. The first-order valence-electron chi connectivity index (χ1n) is 9.38. The molecule has 0 aliphatic carbocycles. The highest BCUT2D eigenvalue weighted by Crippen LogP contribution is 2.28. The first-order valence-corrected chi connectivity index (χ1v) is 10.2. The van der Waals surface area contributed by atoms with E-state index in [-0.39, 0.29) is 12.3 Å². The number of carbonyl (C=O) groups excluding carboxylic acids is 2. The molecule has 3 rings (SSSR count). The average Bonchev–Trinajstić information content (AvgIpc) is 3.22. The van der Waals surface area contributed by atoms with Crippen molar-refractivity contribution in [2.24, 2.45) is 0 Å². The van der Waals surface area contributed by atoms with E-state index in [0.29, 0.717) is 24.4 Å². The monoisotopic (exact) mass is 410 g/mol. The molecule has 0 saturated carbocycles. The van der Waals surface area contributed by atoms with Gasteiger partial charge in [-0.2, -0.15) is 0 Å². The molecule has 150 valence electrons. The lowest BCUT2D eigenvalue weighted by atomic mass is 10.0. The first kappa shape index (κ1) is 20.6. The van der Waals surface area contributed by atoms with Gasteiger partial charge in [0.1, 0.15) is 5.01 Å². The number of hydroxylamine groups is 1. The van der Waals surface area contributed by atoms with E-state index in [1.807, 2.05) is 42.5 Å². The van der Waals surface area contributed by atoms with E-state index in [1.165, 1.54) is 11.3 Å². The van der Waals surface area contributed by atoms with Gasteiger partial charge in [-0.15, -0.1) is 10.2 Å². The Morgan fingerprint density at radius 3 is 2.10 bits per heavy atom. The van der Waals surface area contributed by atoms with Crippen LogP contribution in [0.3, 0.4) is 0 Å². The van der Waals surface area contributed by atoms with Crippen molar-refractivity contribution < 1.29 is 14.8 Å². The first-order chi connectivity index (χ1) is 14.2. The molecule has 0 aliphatic heterocycles. The predicted octanol–water partition coefficient (Wildman–Crippen LogP) is 4.27. The zero-order chi connectivity index (χ0) is 20.5. The molecule has 0 atom stereocenters. The number of aromatic nitrogens is 2. The van der Waals surface area contributed by atoms with Gasteiger partial charge in [0.2, 0.25) is 16.9 Å². The third-order valence-corrected chi connectivity index (χ3v) is 5.23. The number of unbranched alkanes of at least 4 members (excludes halogenated alkanes) is 2. The van der Waals surface area contributed by atoms with Crippen LogP contribution in [0.5, 0.6) is 0 Å². The van der Waals surface area contributed by atoms with Gasteiger partial charge in [0.15, 0.2) is 0 Å². The van der Waals surface area contributed by atoms with E-state index in [0.717, 1.165) is 28.1 Å². The summed E-state index contributed by atoms with van der Waals surface area (Å²) in [6.45, 7) is 0. The van der Waals surface area contributed by atoms with Crippen molar-refractivity contribution in [3.8, 4) is 21.7 Å². The van der Waals surface area contributed by atoms with Crippen LogP contribution in [0.4, 0.5) is 5.13 Å². The maximum absolute atomic E-state index is 12.0. The lowest BCUT2D eigenvalue weighted by Crippen LogP contribution is -2.17. The van der Waals surface area contributed by atoms with Crippen LogP contribution in [0.2, 0.25) is 0 Å². The third-order valence-electron chi connectivity index (χ3n) is 4.34. The second kappa shape index (κ2) is 10.4. The number of anilines is 1. The molecule has 0 spiro atoms. The minimum absolute atomic E-state index is 0.126. The molecule has 0 saturated heterocycles. The van der Waals surface area contributed by atoms with E-state index in [9.17, 15) is 9.59 Å². The fourth-order valence-electron chi connectivity index (χ4n) is 2.81. The minimum atomic E-state index is -0.410. The highest BCUT2D eigenvalue weighted by Gasteiger charge is 2.10. The summed E-state index contributed by atoms with van der Waals surface area (Å²) in [5, 5.41) is 20.6. The molecule has 8 heteroatoms. The summed E-state index contributed by atoms with van der Waals surface area (Å²) in [4.78, 5) is 22.9. The van der Waals surface area contributed by atoms with Crippen LogP contribution in [0.1, 0.15) is 32.1 Å². The zero-order valence-electron chi connectivity index (χ0n) is 15.8. The fourth-order valence-corrected chi connectivity index (χ4v) is 3.58. The summed E-state index contributed by atoms with van der Waals surface area (Å²) in [6.07, 6.45) is 2.62. The van der Waals surface area contributed by atoms with Gasteiger partial charge in [0.25, 0.3) is 0 Å². The van der Waals surface area contributed by atoms with Crippen LogP contribution in [0.15, 0.2) is 54.6 Å². The molecule has 0 bridgehead atoms. The average molecular weight is 410 g/mol. The largest absolute Gasteiger partial charge is 0.301 e. The molecule has 0 unspecified atom stereocenters. The molecule has 1 heterocycles. The molecule has 2 amide bonds. The molecule has 0 radical (unpaired) electrons. The summed E-state index contributed by atoms with van der Waals surface area (Å²) in [6, 6.07) is 18.2. The van der Waals surface area contributed by atoms with Gasteiger partial charge in [-0.1, -0.05) is 72.4 Å². The number of rotatable bonds is 9. The lowest BCUT2D eigenvalue weighted by Gasteiger charge is -2.02. The van der Waals surface area contributed by atoms with Crippen LogP contribution < -0.4 is 10.8 Å². The Morgan fingerprint density at radius 2 is 1.41 bits per heavy atom. The molecule has 1 aromatic heterocycles. The van der Waals surface area contributed by atoms with E-state index in [4.69, 9.17) is 5.21 Å². The maximum Gasteiger partial charge on any atom is 0.243 e. The van der Waals surface area contributed by atoms with Gasteiger partial charge in [0, 0.05) is 18.4 Å². The summed E-state index contributed by atoms with van der Waals surface area (Å²) in [5.41, 5.74) is 4.82. The smallest absolute Gasteiger partial charge is 0.243 e. The van der Waals surface area contributed by atoms with Crippen molar-refractivity contribution in [3.05, 3.63) is 54.6 Å². The number of benzene rings is 2. The molecule has 3 aromatic rings. The minimum Gasteiger partial charge on any atom is -0.301 e. The van der Waals surface area contributed by atoms with Gasteiger partial charge in [-0.05, 0) is 24.0 Å². The van der Waals surface area contributed by atoms with Crippen LogP contribution >= 0.6 is 11.3 Å². The molecule has 7 nitrogen and oxygen atoms in total. The van der Waals surface area contributed by atoms with Crippen molar-refractivity contribution in [1.82, 2.24) is 15.7 Å². The Morgan fingerprint density at radius 1 is 0.793 bits per heavy atom. The molecule has 29 heavy (non-hydrogen) atoms. The van der Waals surface area contributed by atoms with Crippen molar-refractivity contribution in [3.63, 3.8) is 0 Å².